The standard InChI is InChI=1S/C107H152F2N18O23/c1-58(2)47-74-56-113-81(41-43-87(110)132)93(138)92(137)63(8)116-101(146)86(53-73-55-112-80-34-28-27-33-77(73)80)121-102(147)85(52-71-35-38-76(131)39-36-71)120-100(145)82(42-44-88(133)134)123-105(150)106(15,126-97(142)75(49-72-37-40-78(108)79(109)50-72)57-114-99(144)84(51-70-31-25-24-26-32-70)122-104(149)89(68(13)129)124-103(148)83(48-59(3)4)119-69(14)130)45-29-22-20-18-17-19-21-23-30-46-107(16,127-98(74)143)125-66(11)96(141)118-65(10)95(140)117-64(9)94(139)115-62(7)91(136)90(135)61(6)111-54-60(5)67(12)128/h19,21,24-28,31-40,50,55,58-66,68,74-75,81-86,89,111-113,125,129,131H,17-18,20,22-23,29-30,41-49,51-54,56-57H2,1-16H3,(H2,110,132)(H,114,144)(H,115,139)(H,116,146)(H,117,140)(H,118,141)(H,119,130)(H,120,145)(H,121,147)(H,122,149)(H,123,150)(H,124,148)(H,126,142)(H,127,143)(H,133,134)/b21-19+/t60-,61-,62-,63?,64?,65-,66?,68+,74+,75+,81-,82-,83-,84-,85?,86-,89-,106+,107-/m0/s1. The molecule has 0 saturated heterocycles. The van der Waals surface area contributed by atoms with Crippen LogP contribution in [0.2, 0.25) is 0 Å². The zero-order chi connectivity index (χ0) is 112. The van der Waals surface area contributed by atoms with E-state index in [0.29, 0.717) is 60.6 Å². The number of aromatic amines is 1. The number of benzene rings is 4. The van der Waals surface area contributed by atoms with E-state index in [1.807, 2.05) is 26.0 Å². The summed E-state index contributed by atoms with van der Waals surface area (Å²) in [5.41, 5.74) is 3.79. The summed E-state index contributed by atoms with van der Waals surface area (Å²) in [6.45, 7) is 22.8. The van der Waals surface area contributed by atoms with Gasteiger partial charge in [0.1, 0.15) is 65.4 Å². The monoisotopic (exact) mass is 2100 g/mol. The fourth-order valence-electron chi connectivity index (χ4n) is 17.0. The average molecular weight is 2100 g/mol. The van der Waals surface area contributed by atoms with Crippen LogP contribution in [0, 0.1) is 41.2 Å². The molecule has 0 radical (unpaired) electrons. The van der Waals surface area contributed by atoms with E-state index >= 15 is 33.2 Å². The van der Waals surface area contributed by atoms with E-state index in [0.717, 1.165) is 12.1 Å². The van der Waals surface area contributed by atoms with Gasteiger partial charge in [0.05, 0.1) is 53.8 Å². The molecule has 5 aromatic rings. The normalized spacial score (nSPS) is 21.4. The Morgan fingerprint density at radius 3 is 1.71 bits per heavy atom. The molecule has 1 aliphatic rings. The van der Waals surface area contributed by atoms with Gasteiger partial charge in [-0.05, 0) is 204 Å². The molecule has 19 atom stereocenters. The molecule has 14 amide bonds. The van der Waals surface area contributed by atoms with Crippen molar-refractivity contribution in [1.82, 2.24) is 90.1 Å². The minimum atomic E-state index is -2.16. The van der Waals surface area contributed by atoms with Crippen molar-refractivity contribution in [2.45, 2.75) is 329 Å². The number of nitrogens with one attached hydrogen (secondary N) is 17. The van der Waals surface area contributed by atoms with Crippen LogP contribution in [0.4, 0.5) is 8.78 Å². The number of ketones is 5. The number of halogens is 2. The van der Waals surface area contributed by atoms with E-state index in [-0.39, 0.29) is 92.5 Å². The van der Waals surface area contributed by atoms with Crippen LogP contribution in [0.5, 0.6) is 5.75 Å². The Morgan fingerprint density at radius 2 is 1.10 bits per heavy atom. The van der Waals surface area contributed by atoms with Gasteiger partial charge < -0.3 is 106 Å². The predicted molar refractivity (Wildman–Crippen MR) is 553 cm³/mol. The lowest BCUT2D eigenvalue weighted by atomic mass is 9.90. The average Bonchev–Trinajstić information content (AvgIpc) is 1.65. The third-order valence-electron chi connectivity index (χ3n) is 26.0. The molecule has 43 heteroatoms. The highest BCUT2D eigenvalue weighted by Crippen LogP contribution is 2.26. The first-order chi connectivity index (χ1) is 70.6. The SMILES string of the molecule is CC(=O)N[C@@H](CC(C)C)C(=O)N[C@H](C(=O)N[C@@H](Cc1ccccc1)C(=O)NC[C@@H](Cc1ccc(F)c(F)c1)C(=O)N[C@]1(C)CCCCCC/C=C/CCC[C@@](C)(NC(C)C(=O)N[C@@H](C)C(=O)NC(C)C(=O)N[C@@H](C)C(=O)C(=O)[C@H](C)NC[C@H](C)C(C)=O)NC(=O)[C@H](CC(C)C)CN[C@@H](CCC(N)=O)C(=O)C(=O)C(C)NC(=O)[C@H](Cc2c[nH]c3ccccc23)NC(=O)C(Cc2ccc(O)cc2)NC(=O)[C@H](CCC(=O)O)NC1=O)[C@@H](C)O. The van der Waals surface area contributed by atoms with Crippen LogP contribution in [-0.4, -0.2) is 253 Å². The number of aromatic nitrogens is 1. The molecule has 1 aromatic heterocycles. The predicted octanol–water partition coefficient (Wildman–Crippen LogP) is 3.53. The Kier molecular flexibility index (Phi) is 50.4. The van der Waals surface area contributed by atoms with Crippen molar-refractivity contribution in [2.75, 3.05) is 19.6 Å². The van der Waals surface area contributed by atoms with E-state index in [9.17, 15) is 86.8 Å². The smallest absolute Gasteiger partial charge is 0.303 e. The number of rotatable bonds is 44. The third kappa shape index (κ3) is 41.5. The molecule has 1 aliphatic heterocycles. The fourth-order valence-corrected chi connectivity index (χ4v) is 17.0. The van der Waals surface area contributed by atoms with E-state index in [1.54, 1.807) is 88.5 Å². The molecular formula is C107H152F2N18O23. The number of hydrogen-bond donors (Lipinski definition) is 21. The molecule has 0 fully saturated rings. The van der Waals surface area contributed by atoms with Crippen LogP contribution in [0.1, 0.15) is 229 Å². The van der Waals surface area contributed by atoms with Crippen LogP contribution < -0.4 is 90.8 Å². The number of para-hydroxylation sites is 1. The number of fused-ring (bicyclic) bond motifs is 1. The van der Waals surface area contributed by atoms with Crippen molar-refractivity contribution in [3.05, 3.63) is 149 Å². The number of carbonyl (C=O) groups excluding carboxylic acids is 19. The molecule has 0 saturated carbocycles. The highest BCUT2D eigenvalue weighted by molar-refractivity contribution is 6.41. The Morgan fingerprint density at radius 1 is 0.520 bits per heavy atom. The van der Waals surface area contributed by atoms with Gasteiger partial charge >= 0.3 is 5.97 Å². The van der Waals surface area contributed by atoms with E-state index in [1.165, 1.54) is 99.6 Å². The number of carboxylic acids is 1. The van der Waals surface area contributed by atoms with Crippen molar-refractivity contribution in [1.29, 1.82) is 0 Å². The number of primary amides is 1. The number of hydrogen-bond acceptors (Lipinski definition) is 25. The second kappa shape index (κ2) is 60.6. The summed E-state index contributed by atoms with van der Waals surface area (Å²) >= 11 is 0. The second-order valence-corrected chi connectivity index (χ2v) is 40.4. The lowest BCUT2D eigenvalue weighted by Crippen LogP contribution is -2.64. The molecular weight excluding hydrogens is 1940 g/mol. The lowest BCUT2D eigenvalue weighted by Gasteiger charge is -2.36. The number of phenolic OH excluding ortho intramolecular Hbond substituents is 1. The molecule has 822 valence electrons. The summed E-state index contributed by atoms with van der Waals surface area (Å²) in [7, 11) is 0. The van der Waals surface area contributed by atoms with Crippen molar-refractivity contribution in [3.63, 3.8) is 0 Å². The maximum atomic E-state index is 15.8. The second-order valence-electron chi connectivity index (χ2n) is 40.4. The van der Waals surface area contributed by atoms with Crippen molar-refractivity contribution >= 4 is 128 Å². The van der Waals surface area contributed by atoms with Gasteiger partial charge in [0, 0.05) is 81.7 Å². The molecule has 41 nitrogen and oxygen atoms in total. The van der Waals surface area contributed by atoms with Crippen LogP contribution >= 0.6 is 0 Å². The molecule has 6 rings (SSSR count). The van der Waals surface area contributed by atoms with Gasteiger partial charge in [-0.1, -0.05) is 133 Å². The number of carbonyl (C=O) groups is 20. The number of aliphatic hydroxyl groups is 1. The molecule has 0 aliphatic carbocycles. The van der Waals surface area contributed by atoms with Gasteiger partial charge in [-0.25, -0.2) is 8.78 Å². The number of allylic oxidation sites excluding steroid dienone is 2. The van der Waals surface area contributed by atoms with Gasteiger partial charge in [0.2, 0.25) is 106 Å². The molecule has 4 unspecified atom stereocenters. The number of Topliss-reactive ketones (excluding diaryl/α,β-unsaturated/α-hetero) is 5. The topological polar surface area (TPSA) is 636 Å². The quantitative estimate of drug-likeness (QED) is 0.0196. The Labute approximate surface area is 872 Å². The number of amides is 14. The Hall–Kier alpha value is -13.9. The van der Waals surface area contributed by atoms with Crippen LogP contribution in [0.15, 0.2) is 115 Å². The van der Waals surface area contributed by atoms with Gasteiger partial charge in [0.15, 0.2) is 11.6 Å². The summed E-state index contributed by atoms with van der Waals surface area (Å²) < 4.78 is 30.2. The third-order valence-corrected chi connectivity index (χ3v) is 26.0. The minimum absolute atomic E-state index is 0.000928. The van der Waals surface area contributed by atoms with Crippen LogP contribution in [0.25, 0.3) is 10.9 Å². The van der Waals surface area contributed by atoms with Gasteiger partial charge in [-0.3, -0.25) is 101 Å². The van der Waals surface area contributed by atoms with E-state index < -0.39 is 282 Å². The highest BCUT2D eigenvalue weighted by Gasteiger charge is 2.44. The molecule has 0 spiro atoms. The maximum Gasteiger partial charge on any atom is 0.303 e. The lowest BCUT2D eigenvalue weighted by molar-refractivity contribution is -0.140. The number of nitrogens with two attached hydrogens (primary N) is 1. The first-order valence-corrected chi connectivity index (χ1v) is 51.1. The molecule has 4 aromatic carbocycles. The van der Waals surface area contributed by atoms with E-state index in [2.05, 4.69) is 90.1 Å². The minimum Gasteiger partial charge on any atom is -0.508 e. The number of aliphatic hydroxyl groups excluding tert-OH is 1. The van der Waals surface area contributed by atoms with Crippen molar-refractivity contribution in [2.24, 2.45) is 35.3 Å². The largest absolute Gasteiger partial charge is 0.508 e. The summed E-state index contributed by atoms with van der Waals surface area (Å²) in [4.78, 5) is 285. The number of carboxylic acid groups (broad SMARTS) is 1. The van der Waals surface area contributed by atoms with Crippen molar-refractivity contribution < 1.29 is 120 Å². The van der Waals surface area contributed by atoms with Crippen LogP contribution in [-0.2, 0) is 122 Å². The maximum absolute atomic E-state index is 15.8. The summed E-state index contributed by atoms with van der Waals surface area (Å²) in [5.74, 6) is -24.8. The molecule has 150 heavy (non-hydrogen) atoms. The summed E-state index contributed by atoms with van der Waals surface area (Å²) in [6.07, 6.45) is 2.57. The van der Waals surface area contributed by atoms with Gasteiger partial charge in [0.25, 0.3) is 0 Å². The number of phenols is 1. The first-order valence-electron chi connectivity index (χ1n) is 51.1. The zero-order valence-corrected chi connectivity index (χ0v) is 88.3. The molecule has 22 N–H and O–H groups in total. The zero-order valence-electron chi connectivity index (χ0n) is 88.3. The van der Waals surface area contributed by atoms with Gasteiger partial charge in [-0.15, -0.1) is 0 Å². The highest BCUT2D eigenvalue weighted by atomic mass is 19.2. The fraction of sp³-hybridized carbons (Fsp3) is 0.551. The summed E-state index contributed by atoms with van der Waals surface area (Å²) in [6, 6.07) is 4.01. The Bertz CT molecular complexity index is 5570. The Balaban J connectivity index is 1.42. The first kappa shape index (κ1) is 125. The van der Waals surface area contributed by atoms with Gasteiger partial charge in [-0.2, -0.15) is 0 Å². The van der Waals surface area contributed by atoms with Crippen LogP contribution in [0.3, 0.4) is 0 Å². The van der Waals surface area contributed by atoms with E-state index in [4.69, 9.17) is 5.73 Å². The number of aromatic hydroxyl groups is 1. The molecule has 0 bridgehead atoms. The molecule has 2 heterocycles. The number of H-pyrrole nitrogens is 1. The number of aliphatic carboxylic acids is 1. The van der Waals surface area contributed by atoms with Crippen molar-refractivity contribution in [3.8, 4) is 5.75 Å². The summed E-state index contributed by atoms with van der Waals surface area (Å²) in [5, 5.41) is 75.7.